The predicted molar refractivity (Wildman–Crippen MR) is 70.2 cm³/mol. The van der Waals surface area contributed by atoms with Crippen molar-refractivity contribution in [1.82, 2.24) is 4.90 Å². The summed E-state index contributed by atoms with van der Waals surface area (Å²) in [6.45, 7) is 4.07. The van der Waals surface area contributed by atoms with E-state index in [2.05, 4.69) is 6.92 Å². The van der Waals surface area contributed by atoms with E-state index in [-0.39, 0.29) is 17.4 Å². The third-order valence-electron chi connectivity index (χ3n) is 3.70. The van der Waals surface area contributed by atoms with Gasteiger partial charge in [0, 0.05) is 24.9 Å². The van der Waals surface area contributed by atoms with Gasteiger partial charge < -0.3 is 10.6 Å². The molecule has 0 saturated heterocycles. The summed E-state index contributed by atoms with van der Waals surface area (Å²) < 4.78 is 0. The van der Waals surface area contributed by atoms with Gasteiger partial charge in [0.15, 0.2) is 0 Å². The molecule has 0 aliphatic heterocycles. The van der Waals surface area contributed by atoms with E-state index >= 15 is 0 Å². The summed E-state index contributed by atoms with van der Waals surface area (Å²) in [7, 11) is 1.86. The minimum atomic E-state index is -0.154. The quantitative estimate of drug-likeness (QED) is 0.768. The van der Waals surface area contributed by atoms with Crippen LogP contribution in [0, 0.1) is 5.41 Å². The molecule has 0 aromatic carbocycles. The molecule has 1 unspecified atom stereocenters. The standard InChI is InChI=1S/C12H22N2OS/c1-9(8-10(13)16)14(3)11(15)12(2)6-4-5-7-12/h9H,4-8H2,1-3H3,(H2,13,16). The normalized spacial score (nSPS) is 20.4. The molecule has 0 radical (unpaired) electrons. The van der Waals surface area contributed by atoms with E-state index in [1.54, 1.807) is 0 Å². The first-order valence-electron chi connectivity index (χ1n) is 5.92. The molecule has 1 rings (SSSR count). The highest BCUT2D eigenvalue weighted by molar-refractivity contribution is 7.80. The number of nitrogens with two attached hydrogens (primary N) is 1. The Balaban J connectivity index is 2.62. The second kappa shape index (κ2) is 5.13. The maximum absolute atomic E-state index is 12.3. The van der Waals surface area contributed by atoms with Crippen LogP contribution in [-0.4, -0.2) is 28.9 Å². The Hall–Kier alpha value is -0.640. The molecule has 0 spiro atoms. The van der Waals surface area contributed by atoms with Gasteiger partial charge in [-0.05, 0) is 19.8 Å². The Morgan fingerprint density at radius 2 is 2.00 bits per heavy atom. The van der Waals surface area contributed by atoms with Crippen molar-refractivity contribution in [2.24, 2.45) is 11.1 Å². The fourth-order valence-corrected chi connectivity index (χ4v) is 2.66. The summed E-state index contributed by atoms with van der Waals surface area (Å²) in [5, 5.41) is 0. The number of thiocarbonyl (C=S) groups is 1. The van der Waals surface area contributed by atoms with Crippen molar-refractivity contribution in [2.45, 2.75) is 52.0 Å². The topological polar surface area (TPSA) is 46.3 Å². The highest BCUT2D eigenvalue weighted by Crippen LogP contribution is 2.39. The summed E-state index contributed by atoms with van der Waals surface area (Å²) >= 11 is 4.88. The zero-order chi connectivity index (χ0) is 12.3. The average Bonchev–Trinajstić information content (AvgIpc) is 2.63. The minimum Gasteiger partial charge on any atom is -0.393 e. The first-order valence-corrected chi connectivity index (χ1v) is 6.33. The monoisotopic (exact) mass is 242 g/mol. The summed E-state index contributed by atoms with van der Waals surface area (Å²) in [5.41, 5.74) is 5.36. The number of carbonyl (C=O) groups is 1. The van der Waals surface area contributed by atoms with E-state index < -0.39 is 0 Å². The molecule has 0 aromatic rings. The van der Waals surface area contributed by atoms with Crippen LogP contribution in [0.25, 0.3) is 0 Å². The number of rotatable bonds is 4. The fraction of sp³-hybridized carbons (Fsp3) is 0.833. The second-order valence-corrected chi connectivity index (χ2v) is 5.73. The molecule has 1 fully saturated rings. The Kier molecular flexibility index (Phi) is 4.30. The maximum atomic E-state index is 12.3. The number of carbonyl (C=O) groups excluding carboxylic acids is 1. The van der Waals surface area contributed by atoms with Crippen molar-refractivity contribution in [2.75, 3.05) is 7.05 Å². The molecule has 1 atom stereocenters. The SMILES string of the molecule is CC(CC(N)=S)N(C)C(=O)C1(C)CCCC1. The van der Waals surface area contributed by atoms with E-state index in [1.165, 1.54) is 12.8 Å². The zero-order valence-electron chi connectivity index (χ0n) is 10.5. The van der Waals surface area contributed by atoms with Crippen LogP contribution in [0.15, 0.2) is 0 Å². The van der Waals surface area contributed by atoms with E-state index in [0.717, 1.165) is 12.8 Å². The smallest absolute Gasteiger partial charge is 0.228 e. The van der Waals surface area contributed by atoms with E-state index in [9.17, 15) is 4.79 Å². The van der Waals surface area contributed by atoms with Gasteiger partial charge in [-0.3, -0.25) is 4.79 Å². The Morgan fingerprint density at radius 1 is 1.50 bits per heavy atom. The van der Waals surface area contributed by atoms with Crippen LogP contribution in [0.3, 0.4) is 0 Å². The maximum Gasteiger partial charge on any atom is 0.228 e. The average molecular weight is 242 g/mol. The van der Waals surface area contributed by atoms with Crippen LogP contribution in [0.1, 0.15) is 46.0 Å². The second-order valence-electron chi connectivity index (χ2n) is 5.20. The van der Waals surface area contributed by atoms with Crippen molar-refractivity contribution >= 4 is 23.1 Å². The molecule has 1 amide bonds. The van der Waals surface area contributed by atoms with Gasteiger partial charge in [-0.2, -0.15) is 0 Å². The highest BCUT2D eigenvalue weighted by atomic mass is 32.1. The Morgan fingerprint density at radius 3 is 2.44 bits per heavy atom. The van der Waals surface area contributed by atoms with Crippen molar-refractivity contribution in [3.63, 3.8) is 0 Å². The molecule has 2 N–H and O–H groups in total. The van der Waals surface area contributed by atoms with Crippen LogP contribution in [0.2, 0.25) is 0 Å². The highest BCUT2D eigenvalue weighted by Gasteiger charge is 2.39. The van der Waals surface area contributed by atoms with Crippen molar-refractivity contribution in [3.05, 3.63) is 0 Å². The number of amides is 1. The summed E-state index contributed by atoms with van der Waals surface area (Å²) in [6, 6.07) is 0.0995. The van der Waals surface area contributed by atoms with Gasteiger partial charge >= 0.3 is 0 Å². The molecule has 16 heavy (non-hydrogen) atoms. The zero-order valence-corrected chi connectivity index (χ0v) is 11.3. The van der Waals surface area contributed by atoms with Gasteiger partial charge in [0.25, 0.3) is 0 Å². The third kappa shape index (κ3) is 2.94. The Labute approximate surface area is 103 Å². The number of hydrogen-bond acceptors (Lipinski definition) is 2. The first kappa shape index (κ1) is 13.4. The van der Waals surface area contributed by atoms with Gasteiger partial charge in [0.05, 0.1) is 4.99 Å². The molecule has 0 heterocycles. The molecule has 0 bridgehead atoms. The van der Waals surface area contributed by atoms with Crippen LogP contribution in [0.4, 0.5) is 0 Å². The summed E-state index contributed by atoms with van der Waals surface area (Å²) in [4.78, 5) is 14.6. The molecule has 1 saturated carbocycles. The molecular formula is C12H22N2OS. The Bertz CT molecular complexity index is 285. The minimum absolute atomic E-state index is 0.0995. The lowest BCUT2D eigenvalue weighted by Gasteiger charge is -2.32. The molecule has 1 aliphatic rings. The van der Waals surface area contributed by atoms with Gasteiger partial charge in [-0.1, -0.05) is 32.0 Å². The number of nitrogens with zero attached hydrogens (tertiary/aromatic N) is 1. The first-order chi connectivity index (χ1) is 7.37. The lowest BCUT2D eigenvalue weighted by molar-refractivity contribution is -0.141. The van der Waals surface area contributed by atoms with E-state index in [4.69, 9.17) is 18.0 Å². The van der Waals surface area contributed by atoms with Crippen LogP contribution in [0.5, 0.6) is 0 Å². The molecule has 3 nitrogen and oxygen atoms in total. The van der Waals surface area contributed by atoms with Gasteiger partial charge in [-0.15, -0.1) is 0 Å². The molecule has 4 heteroatoms. The summed E-state index contributed by atoms with van der Waals surface area (Å²) in [5.74, 6) is 0.244. The van der Waals surface area contributed by atoms with Crippen molar-refractivity contribution in [1.29, 1.82) is 0 Å². The van der Waals surface area contributed by atoms with Gasteiger partial charge in [0.1, 0.15) is 0 Å². The predicted octanol–water partition coefficient (Wildman–Crippen LogP) is 2.09. The van der Waals surface area contributed by atoms with Gasteiger partial charge in [-0.25, -0.2) is 0 Å². The van der Waals surface area contributed by atoms with Crippen molar-refractivity contribution < 1.29 is 4.79 Å². The molecular weight excluding hydrogens is 220 g/mol. The molecule has 0 aromatic heterocycles. The largest absolute Gasteiger partial charge is 0.393 e. The number of hydrogen-bond donors (Lipinski definition) is 1. The van der Waals surface area contributed by atoms with Crippen molar-refractivity contribution in [3.8, 4) is 0 Å². The van der Waals surface area contributed by atoms with E-state index in [1.807, 2.05) is 18.9 Å². The summed E-state index contributed by atoms with van der Waals surface area (Å²) in [6.07, 6.45) is 4.96. The van der Waals surface area contributed by atoms with E-state index in [0.29, 0.717) is 11.4 Å². The van der Waals surface area contributed by atoms with Crippen LogP contribution in [-0.2, 0) is 4.79 Å². The van der Waals surface area contributed by atoms with Crippen LogP contribution >= 0.6 is 12.2 Å². The van der Waals surface area contributed by atoms with Crippen LogP contribution < -0.4 is 5.73 Å². The lowest BCUT2D eigenvalue weighted by atomic mass is 9.87. The molecule has 1 aliphatic carbocycles. The lowest BCUT2D eigenvalue weighted by Crippen LogP contribution is -2.44. The van der Waals surface area contributed by atoms with Gasteiger partial charge in [0.2, 0.25) is 5.91 Å². The molecule has 92 valence electrons. The fourth-order valence-electron chi connectivity index (χ4n) is 2.42. The third-order valence-corrected chi connectivity index (χ3v) is 3.87.